The molecule has 4 rings (SSSR count). The Morgan fingerprint density at radius 1 is 1.11 bits per heavy atom. The third kappa shape index (κ3) is 4.25. The number of fused-ring (bicyclic) bond motifs is 1. The maximum absolute atomic E-state index is 13.1. The molecule has 1 aromatic heterocycles. The lowest BCUT2D eigenvalue weighted by atomic mass is 9.81. The van der Waals surface area contributed by atoms with Crippen molar-refractivity contribution in [2.75, 3.05) is 24.4 Å². The van der Waals surface area contributed by atoms with Crippen LogP contribution in [0.1, 0.15) is 18.4 Å². The lowest BCUT2D eigenvalue weighted by molar-refractivity contribution is -0.139. The van der Waals surface area contributed by atoms with E-state index in [2.05, 4.69) is 16.4 Å². The van der Waals surface area contributed by atoms with Crippen LogP contribution in [0.25, 0.3) is 10.2 Å². The molecule has 182 valence electrons. The first kappa shape index (κ1) is 24.4. The number of allylic oxidation sites excluding steroid dienone is 1. The first-order valence-corrected chi connectivity index (χ1v) is 11.5. The number of hydrogen-bond donors (Lipinski definition) is 2. The molecule has 0 bridgehead atoms. The van der Waals surface area contributed by atoms with Crippen LogP contribution in [0.15, 0.2) is 71.2 Å². The number of methoxy groups -OCH3 is 2. The van der Waals surface area contributed by atoms with E-state index < -0.39 is 17.9 Å². The first-order chi connectivity index (χ1) is 17.3. The number of carbonyl (C=O) groups is 3. The lowest BCUT2D eigenvalue weighted by Gasteiger charge is -2.35. The molecular weight excluding hydrogens is 482 g/mol. The van der Waals surface area contributed by atoms with Gasteiger partial charge in [0.25, 0.3) is 0 Å². The fraction of sp³-hybridized carbons (Fsp3) is 0.160. The molecule has 1 aliphatic heterocycles. The summed E-state index contributed by atoms with van der Waals surface area (Å²) in [6.45, 7) is 1.38. The molecule has 1 atom stereocenters. The molecule has 0 aliphatic carbocycles. The number of esters is 2. The van der Waals surface area contributed by atoms with E-state index in [1.165, 1.54) is 37.4 Å². The molecule has 0 radical (unpaired) electrons. The van der Waals surface area contributed by atoms with Gasteiger partial charge in [0, 0.05) is 6.92 Å². The number of nitrogens with zero attached hydrogens (tertiary/aromatic N) is 3. The van der Waals surface area contributed by atoms with E-state index in [9.17, 15) is 19.6 Å². The second kappa shape index (κ2) is 9.89. The van der Waals surface area contributed by atoms with Crippen molar-refractivity contribution >= 4 is 50.2 Å². The molecule has 0 saturated heterocycles. The number of nitrogens with two attached hydrogens (primary N) is 1. The van der Waals surface area contributed by atoms with Crippen molar-refractivity contribution in [3.63, 3.8) is 0 Å². The van der Waals surface area contributed by atoms with Gasteiger partial charge in [-0.15, -0.1) is 0 Å². The number of rotatable bonds is 5. The van der Waals surface area contributed by atoms with Gasteiger partial charge in [0.15, 0.2) is 5.13 Å². The molecule has 11 heteroatoms. The summed E-state index contributed by atoms with van der Waals surface area (Å²) in [6.07, 6.45) is 0. The Morgan fingerprint density at radius 2 is 1.81 bits per heavy atom. The third-order valence-corrected chi connectivity index (χ3v) is 6.47. The molecule has 2 heterocycles. The van der Waals surface area contributed by atoms with Crippen LogP contribution in [0.4, 0.5) is 10.8 Å². The number of nitrogens with one attached hydrogen (secondary N) is 1. The molecule has 10 nitrogen and oxygen atoms in total. The first-order valence-electron chi connectivity index (χ1n) is 10.6. The SMILES string of the molecule is COC(=O)C1=C(C(=O)OC)N(c2ccc3sc(NC(C)=O)nc3c2)C(N)=C(C#N)C1c1ccccc1. The number of thiazole rings is 1. The van der Waals surface area contributed by atoms with Crippen LogP contribution in [-0.2, 0) is 23.9 Å². The summed E-state index contributed by atoms with van der Waals surface area (Å²) in [5, 5.41) is 13.2. The standard InChI is InChI=1S/C25H21N5O5S/c1-13(31)28-25-29-17-11-15(9-10-18(17)36-25)30-21(24(33)35-3)20(23(32)34-2)19(16(12-26)22(30)27)14-7-5-4-6-8-14/h4-11,19H,27H2,1-3H3,(H,28,29,31). The summed E-state index contributed by atoms with van der Waals surface area (Å²) in [7, 11) is 2.37. The zero-order chi connectivity index (χ0) is 26.0. The molecule has 0 saturated carbocycles. The molecular formula is C25H21N5O5S. The average molecular weight is 504 g/mol. The van der Waals surface area contributed by atoms with Crippen LogP contribution in [0.3, 0.4) is 0 Å². The molecule has 36 heavy (non-hydrogen) atoms. The normalized spacial score (nSPS) is 15.5. The van der Waals surface area contributed by atoms with E-state index in [0.717, 1.165) is 4.70 Å². The van der Waals surface area contributed by atoms with Crippen molar-refractivity contribution in [1.82, 2.24) is 4.98 Å². The fourth-order valence-electron chi connectivity index (χ4n) is 4.04. The van der Waals surface area contributed by atoms with Crippen LogP contribution in [0.2, 0.25) is 0 Å². The molecule has 1 unspecified atom stereocenters. The van der Waals surface area contributed by atoms with Gasteiger partial charge in [-0.3, -0.25) is 9.69 Å². The van der Waals surface area contributed by atoms with E-state index in [0.29, 0.717) is 21.9 Å². The molecule has 0 spiro atoms. The van der Waals surface area contributed by atoms with Gasteiger partial charge in [0.2, 0.25) is 5.91 Å². The van der Waals surface area contributed by atoms with Gasteiger partial charge in [-0.25, -0.2) is 14.6 Å². The second-order valence-electron chi connectivity index (χ2n) is 7.69. The van der Waals surface area contributed by atoms with Gasteiger partial charge < -0.3 is 20.5 Å². The Kier molecular flexibility index (Phi) is 6.71. The highest BCUT2D eigenvalue weighted by atomic mass is 32.1. The minimum Gasteiger partial charge on any atom is -0.466 e. The number of nitriles is 1. The number of anilines is 2. The number of carbonyl (C=O) groups excluding carboxylic acids is 3. The number of hydrogen-bond acceptors (Lipinski definition) is 10. The minimum absolute atomic E-state index is 0.0453. The maximum atomic E-state index is 13.1. The topological polar surface area (TPSA) is 148 Å². The number of aromatic nitrogens is 1. The summed E-state index contributed by atoms with van der Waals surface area (Å²) >= 11 is 1.27. The van der Waals surface area contributed by atoms with Crippen LogP contribution >= 0.6 is 11.3 Å². The van der Waals surface area contributed by atoms with Crippen molar-refractivity contribution in [1.29, 1.82) is 5.26 Å². The Hall–Kier alpha value is -4.69. The highest BCUT2D eigenvalue weighted by Gasteiger charge is 2.43. The van der Waals surface area contributed by atoms with Crippen LogP contribution < -0.4 is 16.0 Å². The molecule has 2 aromatic carbocycles. The fourth-order valence-corrected chi connectivity index (χ4v) is 4.93. The van der Waals surface area contributed by atoms with E-state index in [4.69, 9.17) is 15.2 Å². The van der Waals surface area contributed by atoms with Crippen LogP contribution in [0.5, 0.6) is 0 Å². The van der Waals surface area contributed by atoms with Gasteiger partial charge in [0.1, 0.15) is 11.5 Å². The van der Waals surface area contributed by atoms with E-state index >= 15 is 0 Å². The zero-order valence-corrected chi connectivity index (χ0v) is 20.4. The van der Waals surface area contributed by atoms with Crippen molar-refractivity contribution in [2.24, 2.45) is 5.73 Å². The van der Waals surface area contributed by atoms with Gasteiger partial charge in [-0.2, -0.15) is 5.26 Å². The summed E-state index contributed by atoms with van der Waals surface area (Å²) in [4.78, 5) is 43.4. The maximum Gasteiger partial charge on any atom is 0.355 e. The Balaban J connectivity index is 2.00. The lowest BCUT2D eigenvalue weighted by Crippen LogP contribution is -2.40. The van der Waals surface area contributed by atoms with Crippen molar-refractivity contribution in [2.45, 2.75) is 12.8 Å². The number of amides is 1. The summed E-state index contributed by atoms with van der Waals surface area (Å²) < 4.78 is 10.8. The van der Waals surface area contributed by atoms with E-state index in [-0.39, 0.29) is 28.6 Å². The Morgan fingerprint density at radius 3 is 2.42 bits per heavy atom. The molecule has 3 aromatic rings. The summed E-state index contributed by atoms with van der Waals surface area (Å²) in [5.41, 5.74) is 7.77. The molecule has 3 N–H and O–H groups in total. The third-order valence-electron chi connectivity index (χ3n) is 5.52. The van der Waals surface area contributed by atoms with Crippen molar-refractivity contribution < 1.29 is 23.9 Å². The highest BCUT2D eigenvalue weighted by molar-refractivity contribution is 7.22. The van der Waals surface area contributed by atoms with Gasteiger partial charge in [0.05, 0.1) is 53.3 Å². The summed E-state index contributed by atoms with van der Waals surface area (Å²) in [6, 6.07) is 15.9. The Labute approximate surface area is 210 Å². The second-order valence-corrected chi connectivity index (χ2v) is 8.72. The predicted octanol–water partition coefficient (Wildman–Crippen LogP) is 3.15. The van der Waals surface area contributed by atoms with E-state index in [1.54, 1.807) is 48.5 Å². The molecule has 0 fully saturated rings. The average Bonchev–Trinajstić information content (AvgIpc) is 3.28. The van der Waals surface area contributed by atoms with Gasteiger partial charge in [-0.1, -0.05) is 41.7 Å². The van der Waals surface area contributed by atoms with E-state index in [1.807, 2.05) is 0 Å². The van der Waals surface area contributed by atoms with Crippen molar-refractivity contribution in [3.05, 3.63) is 76.8 Å². The largest absolute Gasteiger partial charge is 0.466 e. The molecule has 1 amide bonds. The number of benzene rings is 2. The Bertz CT molecular complexity index is 1490. The zero-order valence-electron chi connectivity index (χ0n) is 19.6. The van der Waals surface area contributed by atoms with Crippen LogP contribution in [0, 0.1) is 11.3 Å². The highest BCUT2D eigenvalue weighted by Crippen LogP contribution is 2.43. The predicted molar refractivity (Wildman–Crippen MR) is 133 cm³/mol. The number of ether oxygens (including phenoxy) is 2. The van der Waals surface area contributed by atoms with Gasteiger partial charge in [-0.05, 0) is 23.8 Å². The smallest absolute Gasteiger partial charge is 0.355 e. The monoisotopic (exact) mass is 503 g/mol. The molecule has 1 aliphatic rings. The minimum atomic E-state index is -0.955. The summed E-state index contributed by atoms with van der Waals surface area (Å²) in [5.74, 6) is -2.91. The van der Waals surface area contributed by atoms with Crippen molar-refractivity contribution in [3.8, 4) is 6.07 Å². The van der Waals surface area contributed by atoms with Gasteiger partial charge >= 0.3 is 11.9 Å². The van der Waals surface area contributed by atoms with Crippen LogP contribution in [-0.4, -0.2) is 37.0 Å². The quantitative estimate of drug-likeness (QED) is 0.501.